The molecule has 5 nitrogen and oxygen atoms in total. The molecule has 1 amide bonds. The molecule has 164 valence electrons. The molecule has 1 saturated carbocycles. The lowest BCUT2D eigenvalue weighted by molar-refractivity contribution is -0.128. The summed E-state index contributed by atoms with van der Waals surface area (Å²) in [6.45, 7) is 6.85. The van der Waals surface area contributed by atoms with Gasteiger partial charge < -0.3 is 14.4 Å². The Morgan fingerprint density at radius 3 is 3.00 bits per heavy atom. The van der Waals surface area contributed by atoms with Gasteiger partial charge in [0.05, 0.1) is 12.5 Å². The quantitative estimate of drug-likeness (QED) is 0.554. The number of benzene rings is 1. The van der Waals surface area contributed by atoms with Crippen LogP contribution in [0.2, 0.25) is 0 Å². The van der Waals surface area contributed by atoms with E-state index in [4.69, 9.17) is 4.42 Å². The van der Waals surface area contributed by atoms with Crippen LogP contribution < -0.4 is 0 Å². The Kier molecular flexibility index (Phi) is 6.33. The van der Waals surface area contributed by atoms with Gasteiger partial charge in [-0.3, -0.25) is 9.69 Å². The van der Waals surface area contributed by atoms with Crippen molar-refractivity contribution >= 4 is 12.0 Å². The fraction of sp³-hybridized carbons (Fsp3) is 0.423. The number of nitrogens with zero attached hydrogens (tertiary/aromatic N) is 2. The number of phenolic OH excluding ortho intramolecular Hbond substituents is 1. The molecule has 1 aliphatic carbocycles. The van der Waals surface area contributed by atoms with Gasteiger partial charge in [0, 0.05) is 43.2 Å². The zero-order valence-corrected chi connectivity index (χ0v) is 18.2. The van der Waals surface area contributed by atoms with E-state index in [1.54, 1.807) is 30.7 Å². The van der Waals surface area contributed by atoms with Crippen molar-refractivity contribution in [2.75, 3.05) is 26.7 Å². The zero-order chi connectivity index (χ0) is 21.8. The van der Waals surface area contributed by atoms with Crippen LogP contribution in [0.1, 0.15) is 36.8 Å². The van der Waals surface area contributed by atoms with E-state index >= 15 is 0 Å². The van der Waals surface area contributed by atoms with Crippen LogP contribution in [0.5, 0.6) is 5.75 Å². The predicted molar refractivity (Wildman–Crippen MR) is 123 cm³/mol. The molecule has 2 fully saturated rings. The molecule has 0 unspecified atom stereocenters. The van der Waals surface area contributed by atoms with E-state index in [2.05, 4.69) is 17.5 Å². The first-order valence-electron chi connectivity index (χ1n) is 11.1. The normalized spacial score (nSPS) is 26.5. The monoisotopic (exact) mass is 420 g/mol. The molecule has 1 aliphatic heterocycles. The number of likely N-dealkylation sites (N-methyl/N-ethyl adjacent to an activating group) is 1. The minimum atomic E-state index is -0.0257. The highest BCUT2D eigenvalue weighted by molar-refractivity contribution is 5.91. The largest absolute Gasteiger partial charge is 0.508 e. The number of aromatic hydroxyl groups is 1. The fourth-order valence-electron chi connectivity index (χ4n) is 5.52. The van der Waals surface area contributed by atoms with Gasteiger partial charge in [0.15, 0.2) is 0 Å². The van der Waals surface area contributed by atoms with Crippen LogP contribution in [-0.4, -0.2) is 53.5 Å². The molecule has 1 aromatic carbocycles. The third-order valence-corrected chi connectivity index (χ3v) is 7.25. The van der Waals surface area contributed by atoms with Crippen molar-refractivity contribution in [2.45, 2.75) is 37.1 Å². The summed E-state index contributed by atoms with van der Waals surface area (Å²) in [5.74, 6) is 0.831. The Morgan fingerprint density at radius 1 is 1.39 bits per heavy atom. The summed E-state index contributed by atoms with van der Waals surface area (Å²) in [5.41, 5.74) is 2.06. The van der Waals surface area contributed by atoms with Crippen molar-refractivity contribution in [1.82, 2.24) is 9.80 Å². The first-order chi connectivity index (χ1) is 15.0. The van der Waals surface area contributed by atoms with Gasteiger partial charge in [-0.2, -0.15) is 0 Å². The van der Waals surface area contributed by atoms with E-state index in [1.807, 2.05) is 36.2 Å². The average molecular weight is 421 g/mol. The van der Waals surface area contributed by atoms with Gasteiger partial charge in [-0.1, -0.05) is 18.2 Å². The second-order valence-electron chi connectivity index (χ2n) is 8.98. The number of likely N-dealkylation sites (tertiary alicyclic amines) is 1. The smallest absolute Gasteiger partial charge is 0.246 e. The Bertz CT molecular complexity index is 936. The lowest BCUT2D eigenvalue weighted by Crippen LogP contribution is -2.56. The van der Waals surface area contributed by atoms with E-state index in [0.717, 1.165) is 50.9 Å². The van der Waals surface area contributed by atoms with Gasteiger partial charge in [-0.15, -0.1) is 6.58 Å². The number of hydrogen-bond acceptors (Lipinski definition) is 4. The first kappa shape index (κ1) is 21.4. The number of phenols is 1. The lowest BCUT2D eigenvalue weighted by Gasteiger charge is -2.54. The zero-order valence-electron chi connectivity index (χ0n) is 18.2. The number of carbonyl (C=O) groups excluding carboxylic acids is 1. The number of piperidine rings is 1. The fourth-order valence-corrected chi connectivity index (χ4v) is 5.52. The van der Waals surface area contributed by atoms with Crippen molar-refractivity contribution < 1.29 is 14.3 Å². The second-order valence-corrected chi connectivity index (χ2v) is 8.98. The molecule has 4 rings (SSSR count). The predicted octanol–water partition coefficient (Wildman–Crippen LogP) is 4.46. The van der Waals surface area contributed by atoms with Gasteiger partial charge in [0.1, 0.15) is 5.75 Å². The number of amides is 1. The molecule has 2 aromatic rings. The van der Waals surface area contributed by atoms with Crippen molar-refractivity contribution in [3.05, 3.63) is 72.7 Å². The Balaban J connectivity index is 1.56. The van der Waals surface area contributed by atoms with Crippen molar-refractivity contribution in [3.8, 4) is 5.75 Å². The van der Waals surface area contributed by atoms with E-state index in [0.29, 0.717) is 11.7 Å². The maximum Gasteiger partial charge on any atom is 0.246 e. The summed E-state index contributed by atoms with van der Waals surface area (Å²) in [6.07, 6.45) is 12.6. The van der Waals surface area contributed by atoms with Crippen LogP contribution >= 0.6 is 0 Å². The minimum Gasteiger partial charge on any atom is -0.508 e. The average Bonchev–Trinajstić information content (AvgIpc) is 3.30. The van der Waals surface area contributed by atoms with Crippen LogP contribution in [0.15, 0.2) is 66.0 Å². The van der Waals surface area contributed by atoms with Gasteiger partial charge in [0.25, 0.3) is 0 Å². The van der Waals surface area contributed by atoms with Crippen LogP contribution in [0.4, 0.5) is 0 Å². The molecule has 3 atom stereocenters. The molecular formula is C26H32N2O3. The highest BCUT2D eigenvalue weighted by Gasteiger charge is 2.49. The van der Waals surface area contributed by atoms with E-state index in [-0.39, 0.29) is 17.4 Å². The SMILES string of the molecule is C=CCN1CC[C@@]2(c3cccc(O)c3)C[C@@H](N(C)C(=O)/C=C/c3ccoc3)CC[C@@H]2C1. The highest BCUT2D eigenvalue weighted by atomic mass is 16.3. The number of carbonyl (C=O) groups is 1. The third kappa shape index (κ3) is 4.47. The summed E-state index contributed by atoms with van der Waals surface area (Å²) >= 11 is 0. The van der Waals surface area contributed by atoms with E-state index in [1.165, 1.54) is 5.56 Å². The van der Waals surface area contributed by atoms with Crippen LogP contribution in [-0.2, 0) is 10.2 Å². The molecule has 5 heteroatoms. The van der Waals surface area contributed by atoms with E-state index in [9.17, 15) is 9.90 Å². The van der Waals surface area contributed by atoms with Gasteiger partial charge >= 0.3 is 0 Å². The Labute approximate surface area is 184 Å². The number of furan rings is 1. The molecule has 0 radical (unpaired) electrons. The summed E-state index contributed by atoms with van der Waals surface area (Å²) in [5, 5.41) is 10.2. The molecule has 1 saturated heterocycles. The van der Waals surface area contributed by atoms with Crippen LogP contribution in [0, 0.1) is 5.92 Å². The standard InChI is InChI=1S/C26H32N2O3/c1-3-13-28-14-12-26(21-5-4-6-24(29)16-21)17-23(9-8-22(26)18-28)27(2)25(30)10-7-20-11-15-31-19-20/h3-7,10-11,15-16,19,22-23,29H,1,8-9,12-14,17-18H2,2H3/b10-7+/t22-,23+,26+/m1/s1. The lowest BCUT2D eigenvalue weighted by atomic mass is 9.57. The van der Waals surface area contributed by atoms with Gasteiger partial charge in [-0.25, -0.2) is 0 Å². The molecule has 2 heterocycles. The van der Waals surface area contributed by atoms with Crippen molar-refractivity contribution in [1.29, 1.82) is 0 Å². The Hall–Kier alpha value is -2.79. The number of hydrogen-bond donors (Lipinski definition) is 1. The summed E-state index contributed by atoms with van der Waals surface area (Å²) in [7, 11) is 1.91. The maximum atomic E-state index is 12.9. The van der Waals surface area contributed by atoms with Gasteiger partial charge in [-0.05, 0) is 68.0 Å². The molecule has 31 heavy (non-hydrogen) atoms. The second kappa shape index (κ2) is 9.15. The maximum absolute atomic E-state index is 12.9. The van der Waals surface area contributed by atoms with E-state index < -0.39 is 0 Å². The third-order valence-electron chi connectivity index (χ3n) is 7.25. The molecule has 1 aromatic heterocycles. The van der Waals surface area contributed by atoms with Crippen LogP contribution in [0.25, 0.3) is 6.08 Å². The summed E-state index contributed by atoms with van der Waals surface area (Å²) in [6, 6.07) is 9.77. The number of fused-ring (bicyclic) bond motifs is 1. The summed E-state index contributed by atoms with van der Waals surface area (Å²) in [4.78, 5) is 17.2. The van der Waals surface area contributed by atoms with Crippen LogP contribution in [0.3, 0.4) is 0 Å². The van der Waals surface area contributed by atoms with Crippen molar-refractivity contribution in [2.24, 2.45) is 5.92 Å². The first-order valence-corrected chi connectivity index (χ1v) is 11.1. The minimum absolute atomic E-state index is 0.0137. The number of rotatable bonds is 6. The topological polar surface area (TPSA) is 56.9 Å². The molecular weight excluding hydrogens is 388 g/mol. The van der Waals surface area contributed by atoms with Gasteiger partial charge in [0.2, 0.25) is 5.91 Å². The highest BCUT2D eigenvalue weighted by Crippen LogP contribution is 2.50. The molecule has 1 N–H and O–H groups in total. The molecule has 2 aliphatic rings. The summed E-state index contributed by atoms with van der Waals surface area (Å²) < 4.78 is 5.07. The van der Waals surface area contributed by atoms with Crippen molar-refractivity contribution in [3.63, 3.8) is 0 Å². The Morgan fingerprint density at radius 2 is 2.26 bits per heavy atom. The molecule has 0 spiro atoms. The molecule has 0 bridgehead atoms.